The fourth-order valence-electron chi connectivity index (χ4n) is 13.1. The van der Waals surface area contributed by atoms with Crippen molar-refractivity contribution >= 4 is 171 Å². The summed E-state index contributed by atoms with van der Waals surface area (Å²) in [6.45, 7) is 12.1. The second-order valence-electron chi connectivity index (χ2n) is 25.4. The first-order valence-corrected chi connectivity index (χ1v) is 71.1. The van der Waals surface area contributed by atoms with Gasteiger partial charge in [-0.05, 0) is 154 Å². The van der Waals surface area contributed by atoms with E-state index >= 15 is 0 Å². The molecule has 0 radical (unpaired) electrons. The minimum atomic E-state index is -1.61. The van der Waals surface area contributed by atoms with E-state index in [2.05, 4.69) is 4.98 Å². The van der Waals surface area contributed by atoms with Gasteiger partial charge < -0.3 is 66.8 Å². The molecule has 2 aromatic carbocycles. The molecule has 0 saturated heterocycles. The van der Waals surface area contributed by atoms with Crippen molar-refractivity contribution < 1.29 is 81.1 Å². The molecule has 1 aromatic heterocycles. The van der Waals surface area contributed by atoms with Crippen LogP contribution in [-0.4, -0.2) is 65.9 Å². The van der Waals surface area contributed by atoms with E-state index in [1.54, 1.807) is 211 Å². The summed E-state index contributed by atoms with van der Waals surface area (Å²) < 4.78 is 11.5. The van der Waals surface area contributed by atoms with Gasteiger partial charge in [0.2, 0.25) is 0 Å². The number of hydrogen-bond acceptors (Lipinski definition) is 2. The second-order valence-corrected chi connectivity index (χ2v) is 68.6. The fraction of sp³-hybridized carbons (Fsp3) is 0.542. The van der Waals surface area contributed by atoms with Gasteiger partial charge >= 0.3 is 432 Å². The molecular weight excluding hydrogens is 2140 g/mol. The topological polar surface area (TPSA) is 12.9 Å². The normalized spacial score (nSPS) is 16.2. The summed E-state index contributed by atoms with van der Waals surface area (Å²) in [5.74, 6) is 0. The van der Waals surface area contributed by atoms with Gasteiger partial charge in [-0.3, -0.25) is 0 Å². The molecule has 0 aliphatic heterocycles. The Bertz CT molecular complexity index is 2430. The third-order valence-electron chi connectivity index (χ3n) is 17.2. The number of rotatable bonds is 15. The number of aryl methyl sites for hydroxylation is 1. The van der Waals surface area contributed by atoms with Crippen LogP contribution in [0.3, 0.4) is 0 Å². The van der Waals surface area contributed by atoms with Gasteiger partial charge in [0.1, 0.15) is 0 Å². The average Bonchev–Trinajstić information content (AvgIpc) is 0.829. The number of thioether (sulfide) groups is 1. The van der Waals surface area contributed by atoms with E-state index in [0.29, 0.717) is 0 Å². The summed E-state index contributed by atoms with van der Waals surface area (Å²) in [6.07, 6.45) is 57.1. The molecule has 0 spiro atoms. The van der Waals surface area contributed by atoms with Gasteiger partial charge in [-0.1, -0.05) is 46.0 Å². The molecule has 6 aliphatic rings. The minimum absolute atomic E-state index is 0. The van der Waals surface area contributed by atoms with Crippen LogP contribution >= 0.6 is 144 Å². The summed E-state index contributed by atoms with van der Waals surface area (Å²) in [6, 6.07) is 25.8. The van der Waals surface area contributed by atoms with Crippen molar-refractivity contribution in [2.75, 3.05) is 0 Å². The summed E-state index contributed by atoms with van der Waals surface area (Å²) in [7, 11) is 67.1. The molecule has 0 amide bonds. The molecule has 105 heavy (non-hydrogen) atoms. The molecule has 6 aliphatic carbocycles. The van der Waals surface area contributed by atoms with Crippen molar-refractivity contribution in [3.8, 4) is 0 Å². The number of halogens is 12. The van der Waals surface area contributed by atoms with E-state index in [9.17, 15) is 0 Å². The summed E-state index contributed by atoms with van der Waals surface area (Å²) in [4.78, 5) is 5.37. The van der Waals surface area contributed by atoms with Crippen LogP contribution in [0.4, 0.5) is 0 Å². The number of allylic oxidation sites excluding steroid dienone is 6. The predicted molar refractivity (Wildman–Crippen MR) is 498 cm³/mol. The first-order valence-electron chi connectivity index (χ1n) is 33.9. The first kappa shape index (κ1) is 128. The zero-order chi connectivity index (χ0) is 69.9. The van der Waals surface area contributed by atoms with Gasteiger partial charge in [0.25, 0.3) is 0 Å². The Labute approximate surface area is 738 Å². The molecule has 1 heterocycles. The molecule has 3 aromatic rings. The van der Waals surface area contributed by atoms with Gasteiger partial charge in [0, 0.05) is 15.8 Å². The van der Waals surface area contributed by atoms with E-state index in [1.807, 2.05) is 166 Å². The van der Waals surface area contributed by atoms with Crippen molar-refractivity contribution in [1.29, 1.82) is 0 Å². The Kier molecular flexibility index (Phi) is 103. The average molecular weight is 2280 g/mol. The van der Waals surface area contributed by atoms with Gasteiger partial charge in [0.05, 0.1) is 34.0 Å². The maximum absolute atomic E-state index is 5.68. The molecule has 0 N–H and O–H groups in total. The second kappa shape index (κ2) is 84.9. The van der Waals surface area contributed by atoms with Crippen LogP contribution in [0.1, 0.15) is 259 Å². The molecule has 6 saturated carbocycles. The van der Waals surface area contributed by atoms with E-state index < -0.39 is 81.1 Å². The van der Waals surface area contributed by atoms with Crippen LogP contribution in [-0.2, 0) is 87.5 Å². The van der Waals surface area contributed by atoms with Gasteiger partial charge in [-0.2, -0.15) is 0 Å². The Balaban J connectivity index is -0.000000145. The summed E-state index contributed by atoms with van der Waals surface area (Å²) in [5.41, 5.74) is 13.3. The van der Waals surface area contributed by atoms with Crippen molar-refractivity contribution in [3.63, 3.8) is 0 Å². The zero-order valence-corrected chi connectivity index (χ0v) is 88.2. The summed E-state index contributed by atoms with van der Waals surface area (Å²) in [5, 5.41) is 0. The molecule has 1 nitrogen and oxygen atoms in total. The number of aromatic nitrogens is 1. The Hall–Kier alpha value is 4.46. The van der Waals surface area contributed by atoms with Crippen molar-refractivity contribution in [2.24, 2.45) is 0 Å². The molecule has 0 bridgehead atoms. The van der Waals surface area contributed by atoms with Gasteiger partial charge in [-0.25, -0.2) is 0 Å². The molecule has 22 heteroatoms. The molecule has 636 valence electrons. The molecule has 6 fully saturated rings. The third kappa shape index (κ3) is 72.2. The predicted octanol–water partition coefficient (Wildman–Crippen LogP) is 34.1. The molecular formula is C83H144Cl12NP2Ru6S-7. The maximum atomic E-state index is 5.68. The fourth-order valence-corrected chi connectivity index (χ4v) is 33.7. The van der Waals surface area contributed by atoms with Crippen LogP contribution in [0.15, 0.2) is 125 Å². The summed E-state index contributed by atoms with van der Waals surface area (Å²) >= 11 is -7.72. The Morgan fingerprint density at radius 2 is 0.638 bits per heavy atom. The monoisotopic (exact) mass is 2280 g/mol. The van der Waals surface area contributed by atoms with Gasteiger partial charge in [0.15, 0.2) is 0 Å². The van der Waals surface area contributed by atoms with Gasteiger partial charge in [-0.15, -0.1) is 0 Å². The Morgan fingerprint density at radius 1 is 0.362 bits per heavy atom. The number of hydrogen-bond donors (Lipinski definition) is 0. The number of pyridine rings is 1. The van der Waals surface area contributed by atoms with Crippen LogP contribution in [0.2, 0.25) is 0 Å². The standard InChI is InChI=1S/2C18H33P.C8H9N.C7H6S.C7H6.3C5H8.CH4.9CH3.12ClH.6Ru/c2*1-4-10-16(11-5-1)19(17-12-6-2-7-13-17)18-14-8-3-9-15-18;1-2-5-8-6-3-4-7-9-8;1-8-7-5-3-2-4-6-7;1-7-5-3-2-4-6-7;3*1-4-5(2)3;;;;;;;;;;;;;;;;;;;;;;;;;;;;/h2*16-18H,1-15H2;1,3-4,6-7H,2,5H2;1-6H;1-6H;3*1,4H,2-3H3;1H4;9*1H3;12*1H;;;;;;/q;;;;;;;;;9*-1;;;;;;;;;;;;;6*+2/p-10. The first-order chi connectivity index (χ1) is 45.6. The molecule has 0 unspecified atom stereocenters. The van der Waals surface area contributed by atoms with Crippen molar-refractivity contribution in [3.05, 3.63) is 198 Å². The van der Waals surface area contributed by atoms with Crippen LogP contribution in [0, 0.1) is 66.8 Å². The third-order valence-corrected chi connectivity index (χ3v) is 40.4. The van der Waals surface area contributed by atoms with E-state index in [1.165, 1.54) is 55.6 Å². The zero-order valence-electron chi connectivity index (χ0n) is 65.9. The van der Waals surface area contributed by atoms with Crippen LogP contribution < -0.4 is 0 Å². The Morgan fingerprint density at radius 3 is 0.857 bits per heavy atom. The number of nitrogens with zero attached hydrogens (tertiary/aromatic N) is 1. The van der Waals surface area contributed by atoms with Crippen LogP contribution in [0.25, 0.3) is 0 Å². The van der Waals surface area contributed by atoms with E-state index in [-0.39, 0.29) is 90.1 Å². The SMILES string of the molecule is C.C1CCC([PH+](C2CCCCC2)C2CCCCC2)CC1.C1CCC([PH+](C2CCCCC2)C2CCCCC2)CC1.CC(C)=C[CH]=[Ru]([Cl])[Cl].CC(C)=C[CH]=[Ru]([Cl])[Cl].CC(C)=C[CH]=[Ru]([Cl])[Cl].[CH3-].[CH3-].[CH3-].[CH3-].[CH3-].[CH3-].[CH3-].[CH3-].[CH3-].[Cl][Ru]([Cl])=[CH]CCc1ccccn1.[Cl][Ru]([Cl])=[CH]Sc1ccccc1.[Cl][Ru]([Cl])=[CH]c1ccccc1. The quantitative estimate of drug-likeness (QED) is 0.0651. The van der Waals surface area contributed by atoms with Crippen molar-refractivity contribution in [1.82, 2.24) is 4.98 Å². The van der Waals surface area contributed by atoms with E-state index in [4.69, 9.17) is 116 Å². The van der Waals surface area contributed by atoms with Crippen molar-refractivity contribution in [2.45, 2.75) is 293 Å². The molecule has 9 rings (SSSR count). The molecule has 0 atom stereocenters. The van der Waals surface area contributed by atoms with E-state index in [0.717, 1.165) is 24.1 Å². The number of benzene rings is 2. The van der Waals surface area contributed by atoms with Crippen LogP contribution in [0.5, 0.6) is 0 Å².